The average Bonchev–Trinajstić information content (AvgIpc) is 3.51. The average molecular weight is 599 g/mol. The molecular formula is C29H30N2O12. The highest BCUT2D eigenvalue weighted by molar-refractivity contribution is 5.89. The van der Waals surface area contributed by atoms with Gasteiger partial charge < -0.3 is 54.2 Å². The monoisotopic (exact) mass is 598 g/mol. The topological polar surface area (TPSA) is 209 Å². The molecule has 7 atom stereocenters. The van der Waals surface area contributed by atoms with Crippen molar-refractivity contribution in [2.24, 2.45) is 5.92 Å². The molecule has 1 aliphatic carbocycles. The summed E-state index contributed by atoms with van der Waals surface area (Å²) in [6.45, 7) is 0.767. The van der Waals surface area contributed by atoms with E-state index in [1.807, 2.05) is 0 Å². The molecule has 0 spiro atoms. The van der Waals surface area contributed by atoms with Gasteiger partial charge in [-0.1, -0.05) is 6.08 Å². The summed E-state index contributed by atoms with van der Waals surface area (Å²) < 4.78 is 27.9. The van der Waals surface area contributed by atoms with Crippen molar-refractivity contribution >= 4 is 16.9 Å². The number of fused-ring (bicyclic) bond motifs is 3. The van der Waals surface area contributed by atoms with Gasteiger partial charge in [-0.25, -0.2) is 4.79 Å². The highest BCUT2D eigenvalue weighted by atomic mass is 16.7. The number of carbonyl (C=O) groups is 1. The lowest BCUT2D eigenvalue weighted by molar-refractivity contribution is -0.342. The molecule has 2 fully saturated rings. The molecule has 3 aliphatic rings. The molecule has 3 heterocycles. The number of ether oxygens (including phenoxy) is 4. The second kappa shape index (κ2) is 10.5. The Labute approximate surface area is 243 Å². The Morgan fingerprint density at radius 1 is 1.12 bits per heavy atom. The number of carboxylic acids is 1. The summed E-state index contributed by atoms with van der Waals surface area (Å²) in [7, 11) is 2.71. The molecular weight excluding hydrogens is 568 g/mol. The first-order valence-corrected chi connectivity index (χ1v) is 13.4. The fourth-order valence-corrected chi connectivity index (χ4v) is 6.07. The summed E-state index contributed by atoms with van der Waals surface area (Å²) in [5.41, 5.74) is -5.08. The predicted octanol–water partition coefficient (Wildman–Crippen LogP) is -0.101. The predicted molar refractivity (Wildman–Crippen MR) is 148 cm³/mol. The Morgan fingerprint density at radius 3 is 2.49 bits per heavy atom. The third kappa shape index (κ3) is 4.42. The second-order valence-electron chi connectivity index (χ2n) is 10.6. The van der Waals surface area contributed by atoms with Gasteiger partial charge in [-0.15, -0.1) is 0 Å². The number of aliphatic hydroxyl groups excluding tert-OH is 1. The first-order chi connectivity index (χ1) is 20.5. The van der Waals surface area contributed by atoms with Crippen molar-refractivity contribution in [3.8, 4) is 34.3 Å². The van der Waals surface area contributed by atoms with Crippen LogP contribution in [0.25, 0.3) is 22.3 Å². The Morgan fingerprint density at radius 2 is 1.86 bits per heavy atom. The van der Waals surface area contributed by atoms with Crippen LogP contribution < -0.4 is 30.3 Å². The van der Waals surface area contributed by atoms with Crippen LogP contribution in [0.2, 0.25) is 0 Å². The molecule has 0 radical (unpaired) electrons. The van der Waals surface area contributed by atoms with Gasteiger partial charge in [0.05, 0.1) is 14.2 Å². The largest absolute Gasteiger partial charge is 0.504 e. The van der Waals surface area contributed by atoms with Crippen LogP contribution in [0.1, 0.15) is 0 Å². The van der Waals surface area contributed by atoms with Crippen molar-refractivity contribution in [2.75, 3.05) is 27.4 Å². The highest BCUT2D eigenvalue weighted by Gasteiger charge is 2.70. The number of hydrogen-bond donors (Lipinski definition) is 7. The third-order valence-electron chi connectivity index (χ3n) is 8.27. The number of hydrogen-bond acceptors (Lipinski definition) is 13. The van der Waals surface area contributed by atoms with Crippen molar-refractivity contribution in [2.45, 2.75) is 35.7 Å². The Kier molecular flexibility index (Phi) is 7.07. The molecule has 6 rings (SSSR count). The number of phenolic OH excluding ortho intramolecular Hbond substituents is 1. The van der Waals surface area contributed by atoms with Gasteiger partial charge in [-0.3, -0.25) is 10.1 Å². The van der Waals surface area contributed by atoms with Crippen LogP contribution in [0.15, 0.2) is 57.8 Å². The number of nitrogens with one attached hydrogen (secondary N) is 2. The molecule has 7 unspecified atom stereocenters. The lowest BCUT2D eigenvalue weighted by Gasteiger charge is -2.56. The Bertz CT molecular complexity index is 1650. The number of aliphatic hydroxyl groups is 3. The molecule has 2 aliphatic heterocycles. The fourth-order valence-electron chi connectivity index (χ4n) is 6.07. The number of aliphatic carboxylic acids is 1. The molecule has 0 amide bonds. The van der Waals surface area contributed by atoms with E-state index in [4.69, 9.17) is 23.4 Å². The van der Waals surface area contributed by atoms with E-state index in [1.54, 1.807) is 24.3 Å². The van der Waals surface area contributed by atoms with E-state index in [2.05, 4.69) is 10.6 Å². The molecule has 2 saturated heterocycles. The lowest BCUT2D eigenvalue weighted by Crippen LogP contribution is -2.79. The second-order valence-corrected chi connectivity index (χ2v) is 10.6. The van der Waals surface area contributed by atoms with Gasteiger partial charge in [0.25, 0.3) is 0 Å². The molecule has 14 nitrogen and oxygen atoms in total. The van der Waals surface area contributed by atoms with Crippen molar-refractivity contribution in [1.82, 2.24) is 10.6 Å². The van der Waals surface area contributed by atoms with Crippen LogP contribution in [-0.4, -0.2) is 94.7 Å². The van der Waals surface area contributed by atoms with Crippen LogP contribution in [-0.2, 0) is 9.53 Å². The van der Waals surface area contributed by atoms with Crippen molar-refractivity contribution in [1.29, 1.82) is 0 Å². The van der Waals surface area contributed by atoms with Crippen molar-refractivity contribution in [3.05, 3.63) is 58.8 Å². The minimum Gasteiger partial charge on any atom is -0.504 e. The number of methoxy groups -OCH3 is 2. The zero-order valence-electron chi connectivity index (χ0n) is 23.0. The number of aromatic hydroxyl groups is 1. The first-order valence-electron chi connectivity index (χ1n) is 13.4. The fraction of sp³-hybridized carbons (Fsp3) is 0.379. The SMILES string of the molecule is COc1ccc(-c2cc(=O)c3c(O)c(OC)c(OC4OC(C(=O)O)C5(O)C(C6CNCN6)C=CC4(O)C5O)cc3o2)cc1. The number of phenols is 1. The summed E-state index contributed by atoms with van der Waals surface area (Å²) in [4.78, 5) is 25.4. The molecule has 2 bridgehead atoms. The molecule has 228 valence electrons. The summed E-state index contributed by atoms with van der Waals surface area (Å²) in [5, 5.41) is 61.5. The van der Waals surface area contributed by atoms with Gasteiger partial charge in [0, 0.05) is 42.9 Å². The molecule has 14 heteroatoms. The molecule has 3 aromatic rings. The molecule has 43 heavy (non-hydrogen) atoms. The van der Waals surface area contributed by atoms with E-state index in [-0.39, 0.29) is 28.2 Å². The Balaban J connectivity index is 1.43. The van der Waals surface area contributed by atoms with Gasteiger partial charge in [0.2, 0.25) is 12.0 Å². The van der Waals surface area contributed by atoms with Gasteiger partial charge in [-0.05, 0) is 30.3 Å². The van der Waals surface area contributed by atoms with E-state index < -0.39 is 58.8 Å². The summed E-state index contributed by atoms with van der Waals surface area (Å²) in [5.74, 6) is -3.10. The summed E-state index contributed by atoms with van der Waals surface area (Å²) in [6.07, 6.45) is -3.42. The maximum atomic E-state index is 13.1. The van der Waals surface area contributed by atoms with E-state index in [9.17, 15) is 35.1 Å². The minimum absolute atomic E-state index is 0.125. The van der Waals surface area contributed by atoms with E-state index in [1.165, 1.54) is 38.5 Å². The zero-order chi connectivity index (χ0) is 30.7. The van der Waals surface area contributed by atoms with Crippen LogP contribution in [0.3, 0.4) is 0 Å². The molecule has 0 saturated carbocycles. The van der Waals surface area contributed by atoms with E-state index in [0.29, 0.717) is 24.5 Å². The van der Waals surface area contributed by atoms with Crippen LogP contribution in [0, 0.1) is 5.92 Å². The van der Waals surface area contributed by atoms with E-state index >= 15 is 0 Å². The normalized spacial score (nSPS) is 31.6. The van der Waals surface area contributed by atoms with Crippen LogP contribution in [0.5, 0.6) is 23.0 Å². The number of rotatable bonds is 7. The van der Waals surface area contributed by atoms with Gasteiger partial charge in [0.1, 0.15) is 34.2 Å². The van der Waals surface area contributed by atoms with Crippen LogP contribution in [0.4, 0.5) is 0 Å². The zero-order valence-corrected chi connectivity index (χ0v) is 23.0. The summed E-state index contributed by atoms with van der Waals surface area (Å²) >= 11 is 0. The van der Waals surface area contributed by atoms with Crippen LogP contribution >= 0.6 is 0 Å². The highest BCUT2D eigenvalue weighted by Crippen LogP contribution is 2.49. The lowest BCUT2D eigenvalue weighted by atomic mass is 9.63. The minimum atomic E-state index is -2.45. The maximum absolute atomic E-state index is 13.1. The molecule has 7 N–H and O–H groups in total. The third-order valence-corrected chi connectivity index (χ3v) is 8.27. The standard InChI is InChI=1S/C29H30N2O12/c1-39-14-5-3-13(4-6-14)18-9-17(32)21-19(41-18)10-20(23(40-2)22(21)33)42-27-28(37)8-7-15(16-11-30-12-31-16)29(38,26(28)36)24(43-27)25(34)35/h3-10,15-16,24,26-27,30-31,33,36-38H,11-12H2,1-2H3,(H,34,35). The van der Waals surface area contributed by atoms with Gasteiger partial charge in [0.15, 0.2) is 28.6 Å². The molecule has 1 aromatic heterocycles. The van der Waals surface area contributed by atoms with Crippen molar-refractivity contribution in [3.63, 3.8) is 0 Å². The summed E-state index contributed by atoms with van der Waals surface area (Å²) in [6, 6.07) is 8.63. The Hall–Kier alpha value is -4.18. The molecule has 2 aromatic carbocycles. The quantitative estimate of drug-likeness (QED) is 0.177. The van der Waals surface area contributed by atoms with E-state index in [0.717, 1.165) is 0 Å². The van der Waals surface area contributed by atoms with Gasteiger partial charge in [-0.2, -0.15) is 0 Å². The van der Waals surface area contributed by atoms with Gasteiger partial charge >= 0.3 is 5.97 Å². The number of carboxylic acid groups (broad SMARTS) is 1. The van der Waals surface area contributed by atoms with Crippen molar-refractivity contribution < 1.29 is 53.7 Å². The number of benzene rings is 2. The smallest absolute Gasteiger partial charge is 0.336 e. The maximum Gasteiger partial charge on any atom is 0.336 e. The first kappa shape index (κ1) is 28.9.